The molecule has 0 bridgehead atoms. The molecule has 4 N–H and O–H groups in total. The molecule has 0 saturated heterocycles. The Morgan fingerprint density at radius 3 is 2.50 bits per heavy atom. The lowest BCUT2D eigenvalue weighted by atomic mass is 10.0. The maximum absolute atomic E-state index is 10.5. The minimum Gasteiger partial charge on any atom is -0.390 e. The third kappa shape index (κ3) is 2.79. The first-order valence-electron chi connectivity index (χ1n) is 4.15. The van der Waals surface area contributed by atoms with E-state index in [9.17, 15) is 15.0 Å². The van der Waals surface area contributed by atoms with Crippen LogP contribution in [0.4, 0.5) is 0 Å². The van der Waals surface area contributed by atoms with Gasteiger partial charge in [-0.2, -0.15) is 0 Å². The zero-order chi connectivity index (χ0) is 10.6. The lowest BCUT2D eigenvalue weighted by Crippen LogP contribution is -2.25. The minimum atomic E-state index is -1.17. The molecule has 5 nitrogen and oxygen atoms in total. The van der Waals surface area contributed by atoms with Crippen LogP contribution in [0.1, 0.15) is 18.1 Å². The van der Waals surface area contributed by atoms with Crippen molar-refractivity contribution in [1.29, 1.82) is 0 Å². The van der Waals surface area contributed by atoms with Gasteiger partial charge in [-0.05, 0) is 17.7 Å². The molecule has 0 aliphatic rings. The van der Waals surface area contributed by atoms with E-state index in [1.54, 1.807) is 12.1 Å². The molecule has 0 saturated carbocycles. The highest BCUT2D eigenvalue weighted by Gasteiger charge is 2.19. The first-order chi connectivity index (χ1) is 6.61. The lowest BCUT2D eigenvalue weighted by Gasteiger charge is -2.16. The zero-order valence-corrected chi connectivity index (χ0v) is 7.50. The summed E-state index contributed by atoms with van der Waals surface area (Å²) in [7, 11) is 0. The van der Waals surface area contributed by atoms with Gasteiger partial charge in [-0.1, -0.05) is 0 Å². The molecule has 2 unspecified atom stereocenters. The van der Waals surface area contributed by atoms with E-state index >= 15 is 0 Å². The SMILES string of the molecule is NC(=O)CC(O)C(O)c1ccncc1. The Balaban J connectivity index is 2.65. The Labute approximate surface area is 81.2 Å². The Hall–Kier alpha value is -1.46. The van der Waals surface area contributed by atoms with Gasteiger partial charge in [-0.25, -0.2) is 0 Å². The van der Waals surface area contributed by atoms with Crippen LogP contribution < -0.4 is 5.73 Å². The maximum atomic E-state index is 10.5. The predicted molar refractivity (Wildman–Crippen MR) is 49.0 cm³/mol. The normalized spacial score (nSPS) is 14.7. The van der Waals surface area contributed by atoms with Crippen LogP contribution in [0.25, 0.3) is 0 Å². The van der Waals surface area contributed by atoms with Crippen molar-refractivity contribution in [1.82, 2.24) is 4.98 Å². The van der Waals surface area contributed by atoms with Gasteiger partial charge in [0.15, 0.2) is 0 Å². The summed E-state index contributed by atoms with van der Waals surface area (Å²) in [6.07, 6.45) is 0.453. The van der Waals surface area contributed by atoms with Crippen molar-refractivity contribution in [2.75, 3.05) is 0 Å². The molecule has 0 fully saturated rings. The number of rotatable bonds is 4. The van der Waals surface area contributed by atoms with Gasteiger partial charge < -0.3 is 15.9 Å². The molecule has 1 aromatic rings. The van der Waals surface area contributed by atoms with Crippen LogP contribution in [-0.2, 0) is 4.79 Å². The monoisotopic (exact) mass is 196 g/mol. The van der Waals surface area contributed by atoms with E-state index in [4.69, 9.17) is 5.73 Å². The molecule has 1 amide bonds. The average Bonchev–Trinajstić information content (AvgIpc) is 2.17. The molecular weight excluding hydrogens is 184 g/mol. The highest BCUT2D eigenvalue weighted by molar-refractivity contribution is 5.74. The summed E-state index contributed by atoms with van der Waals surface area (Å²) in [5.41, 5.74) is 5.39. The highest BCUT2D eigenvalue weighted by atomic mass is 16.3. The molecular formula is C9H12N2O3. The average molecular weight is 196 g/mol. The summed E-state index contributed by atoms with van der Waals surface area (Å²) in [4.78, 5) is 14.2. The first-order valence-corrected chi connectivity index (χ1v) is 4.15. The molecule has 76 valence electrons. The van der Waals surface area contributed by atoms with Gasteiger partial charge in [-0.15, -0.1) is 0 Å². The van der Waals surface area contributed by atoms with Crippen molar-refractivity contribution >= 4 is 5.91 Å². The fraction of sp³-hybridized carbons (Fsp3) is 0.333. The molecule has 0 spiro atoms. The van der Waals surface area contributed by atoms with Crippen LogP contribution in [0.3, 0.4) is 0 Å². The number of nitrogens with two attached hydrogens (primary N) is 1. The van der Waals surface area contributed by atoms with Gasteiger partial charge in [0.1, 0.15) is 6.10 Å². The maximum Gasteiger partial charge on any atom is 0.220 e. The van der Waals surface area contributed by atoms with E-state index in [1.807, 2.05) is 0 Å². The molecule has 1 rings (SSSR count). The fourth-order valence-corrected chi connectivity index (χ4v) is 1.10. The number of amides is 1. The summed E-state index contributed by atoms with van der Waals surface area (Å²) in [6, 6.07) is 3.13. The third-order valence-corrected chi connectivity index (χ3v) is 1.82. The predicted octanol–water partition coefficient (Wildman–Crippen LogP) is -0.649. The number of carbonyl (C=O) groups excluding carboxylic acids is 1. The van der Waals surface area contributed by atoms with E-state index < -0.39 is 18.1 Å². The van der Waals surface area contributed by atoms with Crippen LogP contribution in [0.2, 0.25) is 0 Å². The molecule has 1 heterocycles. The van der Waals surface area contributed by atoms with Gasteiger partial charge >= 0.3 is 0 Å². The number of hydrogen-bond acceptors (Lipinski definition) is 4. The standard InChI is InChI=1S/C9H12N2O3/c10-8(13)5-7(12)9(14)6-1-3-11-4-2-6/h1-4,7,9,12,14H,5H2,(H2,10,13). The molecule has 14 heavy (non-hydrogen) atoms. The van der Waals surface area contributed by atoms with E-state index in [2.05, 4.69) is 4.98 Å². The van der Waals surface area contributed by atoms with Crippen LogP contribution in [0, 0.1) is 0 Å². The topological polar surface area (TPSA) is 96.4 Å². The summed E-state index contributed by atoms with van der Waals surface area (Å²) >= 11 is 0. The van der Waals surface area contributed by atoms with Gasteiger partial charge in [0.25, 0.3) is 0 Å². The number of aromatic nitrogens is 1. The van der Waals surface area contributed by atoms with Gasteiger partial charge in [-0.3, -0.25) is 9.78 Å². The second kappa shape index (κ2) is 4.69. The second-order valence-corrected chi connectivity index (χ2v) is 2.96. The zero-order valence-electron chi connectivity index (χ0n) is 7.50. The number of carbonyl (C=O) groups is 1. The van der Waals surface area contributed by atoms with Crippen molar-refractivity contribution in [3.8, 4) is 0 Å². The third-order valence-electron chi connectivity index (χ3n) is 1.82. The summed E-state index contributed by atoms with van der Waals surface area (Å²) in [5, 5.41) is 18.9. The summed E-state index contributed by atoms with van der Waals surface area (Å²) in [6.45, 7) is 0. The van der Waals surface area contributed by atoms with Crippen molar-refractivity contribution in [2.45, 2.75) is 18.6 Å². The van der Waals surface area contributed by atoms with Gasteiger partial charge in [0.05, 0.1) is 12.5 Å². The number of primary amides is 1. The molecule has 0 aliphatic heterocycles. The largest absolute Gasteiger partial charge is 0.390 e. The Kier molecular flexibility index (Phi) is 3.55. The molecule has 0 aliphatic carbocycles. The van der Waals surface area contributed by atoms with Crippen LogP contribution in [0.15, 0.2) is 24.5 Å². The van der Waals surface area contributed by atoms with Crippen LogP contribution >= 0.6 is 0 Å². The van der Waals surface area contributed by atoms with Crippen LogP contribution in [-0.4, -0.2) is 27.2 Å². The molecule has 5 heteroatoms. The Morgan fingerprint density at radius 2 is 2.00 bits per heavy atom. The molecule has 2 atom stereocenters. The Morgan fingerprint density at radius 1 is 1.43 bits per heavy atom. The minimum absolute atomic E-state index is 0.260. The second-order valence-electron chi connectivity index (χ2n) is 2.96. The summed E-state index contributed by atoms with van der Waals surface area (Å²) in [5.74, 6) is -0.648. The number of aliphatic hydroxyl groups is 2. The van der Waals surface area contributed by atoms with Crippen molar-refractivity contribution in [3.63, 3.8) is 0 Å². The molecule has 0 aromatic carbocycles. The number of aliphatic hydroxyl groups excluding tert-OH is 2. The fourth-order valence-electron chi connectivity index (χ4n) is 1.10. The van der Waals surface area contributed by atoms with Crippen molar-refractivity contribution < 1.29 is 15.0 Å². The highest BCUT2D eigenvalue weighted by Crippen LogP contribution is 2.17. The van der Waals surface area contributed by atoms with Crippen molar-refractivity contribution in [2.24, 2.45) is 5.73 Å². The summed E-state index contributed by atoms with van der Waals surface area (Å²) < 4.78 is 0. The first kappa shape index (κ1) is 10.6. The van der Waals surface area contributed by atoms with Gasteiger partial charge in [0.2, 0.25) is 5.91 Å². The van der Waals surface area contributed by atoms with E-state index in [0.29, 0.717) is 5.56 Å². The smallest absolute Gasteiger partial charge is 0.220 e. The molecule has 1 aromatic heterocycles. The van der Waals surface area contributed by atoms with E-state index in [0.717, 1.165) is 0 Å². The van der Waals surface area contributed by atoms with Crippen molar-refractivity contribution in [3.05, 3.63) is 30.1 Å². The Bertz CT molecular complexity index is 302. The number of hydrogen-bond donors (Lipinski definition) is 3. The van der Waals surface area contributed by atoms with Gasteiger partial charge in [0, 0.05) is 12.4 Å². The van der Waals surface area contributed by atoms with Crippen LogP contribution in [0.5, 0.6) is 0 Å². The quantitative estimate of drug-likeness (QED) is 0.596. The number of nitrogens with zero attached hydrogens (tertiary/aromatic N) is 1. The number of pyridine rings is 1. The molecule has 0 radical (unpaired) electrons. The van der Waals surface area contributed by atoms with E-state index in [1.165, 1.54) is 12.4 Å². The lowest BCUT2D eigenvalue weighted by molar-refractivity contribution is -0.121. The van der Waals surface area contributed by atoms with E-state index in [-0.39, 0.29) is 6.42 Å².